The fourth-order valence-electron chi connectivity index (χ4n) is 2.21. The van der Waals surface area contributed by atoms with Gasteiger partial charge in [-0.25, -0.2) is 9.97 Å². The van der Waals surface area contributed by atoms with Crippen LogP contribution in [-0.2, 0) is 6.42 Å². The maximum absolute atomic E-state index is 12.1. The van der Waals surface area contributed by atoms with Crippen LogP contribution in [0, 0.1) is 6.92 Å². The molecule has 0 fully saturated rings. The molecule has 1 aromatic carbocycles. The van der Waals surface area contributed by atoms with Crippen molar-refractivity contribution in [1.29, 1.82) is 0 Å². The van der Waals surface area contributed by atoms with E-state index in [0.29, 0.717) is 17.4 Å². The van der Waals surface area contributed by atoms with E-state index < -0.39 is 0 Å². The number of aromatic nitrogens is 2. The second kappa shape index (κ2) is 7.70. The van der Waals surface area contributed by atoms with Gasteiger partial charge < -0.3 is 10.6 Å². The number of thiazole rings is 1. The van der Waals surface area contributed by atoms with Crippen LogP contribution in [0.15, 0.2) is 53.9 Å². The smallest absolute Gasteiger partial charge is 0.270 e. The number of amides is 1. The van der Waals surface area contributed by atoms with Gasteiger partial charge in [0.15, 0.2) is 5.13 Å². The molecule has 0 saturated carbocycles. The summed E-state index contributed by atoms with van der Waals surface area (Å²) < 4.78 is 0. The standard InChI is InChI=1S/C18H18N4OS/c1-13-6-5-9-16(20-13)22-18-21-15(12-24-18)17(23)19-11-10-14-7-3-2-4-8-14/h2-9,12H,10-11H2,1H3,(H,19,23)(H,20,21,22). The van der Waals surface area contributed by atoms with Crippen LogP contribution in [0.5, 0.6) is 0 Å². The van der Waals surface area contributed by atoms with Crippen molar-refractivity contribution in [1.82, 2.24) is 15.3 Å². The molecule has 0 bridgehead atoms. The van der Waals surface area contributed by atoms with Gasteiger partial charge in [0.2, 0.25) is 0 Å². The molecule has 0 saturated heterocycles. The monoisotopic (exact) mass is 338 g/mol. The molecule has 2 N–H and O–H groups in total. The van der Waals surface area contributed by atoms with Crippen molar-refractivity contribution in [3.8, 4) is 0 Å². The van der Waals surface area contributed by atoms with Gasteiger partial charge in [0.25, 0.3) is 5.91 Å². The second-order valence-corrected chi connectivity index (χ2v) is 6.18. The Labute approximate surface area is 144 Å². The van der Waals surface area contributed by atoms with Crippen LogP contribution in [-0.4, -0.2) is 22.4 Å². The third-order valence-corrected chi connectivity index (χ3v) is 4.16. The molecular weight excluding hydrogens is 320 g/mol. The molecule has 3 aromatic rings. The minimum absolute atomic E-state index is 0.160. The first-order chi connectivity index (χ1) is 11.7. The number of nitrogens with zero attached hydrogens (tertiary/aromatic N) is 2. The Morgan fingerprint density at radius 1 is 1.08 bits per heavy atom. The summed E-state index contributed by atoms with van der Waals surface area (Å²) in [5, 5.41) is 8.41. The van der Waals surface area contributed by atoms with Crippen molar-refractivity contribution in [2.75, 3.05) is 11.9 Å². The lowest BCUT2D eigenvalue weighted by Crippen LogP contribution is -2.25. The molecule has 0 radical (unpaired) electrons. The summed E-state index contributed by atoms with van der Waals surface area (Å²) in [6.07, 6.45) is 0.801. The Morgan fingerprint density at radius 3 is 2.71 bits per heavy atom. The predicted octanol–water partition coefficient (Wildman–Crippen LogP) is 3.56. The number of rotatable bonds is 6. The minimum atomic E-state index is -0.160. The third-order valence-electron chi connectivity index (χ3n) is 3.40. The van der Waals surface area contributed by atoms with Crippen molar-refractivity contribution < 1.29 is 4.79 Å². The number of hydrogen-bond acceptors (Lipinski definition) is 5. The van der Waals surface area contributed by atoms with Crippen LogP contribution >= 0.6 is 11.3 Å². The number of pyridine rings is 1. The maximum atomic E-state index is 12.1. The fraction of sp³-hybridized carbons (Fsp3) is 0.167. The summed E-state index contributed by atoms with van der Waals surface area (Å²) in [6, 6.07) is 15.8. The first-order valence-corrected chi connectivity index (χ1v) is 8.57. The SMILES string of the molecule is Cc1cccc(Nc2nc(C(=O)NCCc3ccccc3)cs2)n1. The van der Waals surface area contributed by atoms with Crippen LogP contribution in [0.3, 0.4) is 0 Å². The molecule has 6 heteroatoms. The molecule has 0 aliphatic heterocycles. The van der Waals surface area contributed by atoms with E-state index in [4.69, 9.17) is 0 Å². The van der Waals surface area contributed by atoms with Crippen LogP contribution in [0.4, 0.5) is 10.9 Å². The average Bonchev–Trinajstić information content (AvgIpc) is 3.04. The average molecular weight is 338 g/mol. The number of hydrogen-bond donors (Lipinski definition) is 2. The molecule has 0 aliphatic rings. The first-order valence-electron chi connectivity index (χ1n) is 7.69. The molecule has 0 spiro atoms. The molecule has 2 heterocycles. The second-order valence-electron chi connectivity index (χ2n) is 5.32. The normalized spacial score (nSPS) is 10.4. The van der Waals surface area contributed by atoms with Crippen LogP contribution in [0.1, 0.15) is 21.7 Å². The highest BCUT2D eigenvalue weighted by molar-refractivity contribution is 7.14. The zero-order chi connectivity index (χ0) is 16.8. The summed E-state index contributed by atoms with van der Waals surface area (Å²) >= 11 is 1.39. The van der Waals surface area contributed by atoms with Crippen molar-refractivity contribution >= 4 is 28.2 Å². The van der Waals surface area contributed by atoms with Crippen LogP contribution in [0.25, 0.3) is 0 Å². The summed E-state index contributed by atoms with van der Waals surface area (Å²) in [6.45, 7) is 2.52. The Morgan fingerprint density at radius 2 is 1.92 bits per heavy atom. The van der Waals surface area contributed by atoms with E-state index in [1.807, 2.05) is 55.5 Å². The van der Waals surface area contributed by atoms with E-state index >= 15 is 0 Å². The molecule has 2 aromatic heterocycles. The molecule has 5 nitrogen and oxygen atoms in total. The lowest BCUT2D eigenvalue weighted by Gasteiger charge is -2.04. The molecule has 24 heavy (non-hydrogen) atoms. The van der Waals surface area contributed by atoms with E-state index in [0.717, 1.165) is 17.9 Å². The van der Waals surface area contributed by atoms with E-state index in [1.54, 1.807) is 5.38 Å². The van der Waals surface area contributed by atoms with Gasteiger partial charge in [-0.15, -0.1) is 11.3 Å². The Bertz CT molecular complexity index is 817. The number of nitrogens with one attached hydrogen (secondary N) is 2. The molecule has 0 atom stereocenters. The van der Waals surface area contributed by atoms with Gasteiger partial charge in [-0.05, 0) is 31.0 Å². The van der Waals surface area contributed by atoms with Crippen molar-refractivity contribution in [3.63, 3.8) is 0 Å². The van der Waals surface area contributed by atoms with Gasteiger partial charge >= 0.3 is 0 Å². The highest BCUT2D eigenvalue weighted by Crippen LogP contribution is 2.19. The minimum Gasteiger partial charge on any atom is -0.350 e. The number of anilines is 2. The number of carbonyl (C=O) groups is 1. The third kappa shape index (κ3) is 4.39. The fourth-order valence-corrected chi connectivity index (χ4v) is 2.91. The zero-order valence-corrected chi connectivity index (χ0v) is 14.1. The van der Waals surface area contributed by atoms with Gasteiger partial charge in [-0.1, -0.05) is 36.4 Å². The highest BCUT2D eigenvalue weighted by Gasteiger charge is 2.10. The highest BCUT2D eigenvalue weighted by atomic mass is 32.1. The first kappa shape index (κ1) is 16.1. The summed E-state index contributed by atoms with van der Waals surface area (Å²) in [4.78, 5) is 20.8. The van der Waals surface area contributed by atoms with Crippen molar-refractivity contribution in [2.45, 2.75) is 13.3 Å². The summed E-state index contributed by atoms with van der Waals surface area (Å²) in [7, 11) is 0. The van der Waals surface area contributed by atoms with E-state index in [-0.39, 0.29) is 5.91 Å². The molecule has 122 valence electrons. The molecular formula is C18H18N4OS. The van der Waals surface area contributed by atoms with Crippen molar-refractivity contribution in [3.05, 3.63) is 70.9 Å². The van der Waals surface area contributed by atoms with Gasteiger partial charge in [-0.3, -0.25) is 4.79 Å². The van der Waals surface area contributed by atoms with Crippen molar-refractivity contribution in [2.24, 2.45) is 0 Å². The van der Waals surface area contributed by atoms with Gasteiger partial charge in [0.05, 0.1) is 0 Å². The lowest BCUT2D eigenvalue weighted by atomic mass is 10.1. The quantitative estimate of drug-likeness (QED) is 0.721. The number of carbonyl (C=O) groups excluding carboxylic acids is 1. The topological polar surface area (TPSA) is 66.9 Å². The van der Waals surface area contributed by atoms with E-state index in [1.165, 1.54) is 16.9 Å². The maximum Gasteiger partial charge on any atom is 0.270 e. The van der Waals surface area contributed by atoms with Gasteiger partial charge in [-0.2, -0.15) is 0 Å². The van der Waals surface area contributed by atoms with E-state index in [2.05, 4.69) is 20.6 Å². The Balaban J connectivity index is 1.53. The largest absolute Gasteiger partial charge is 0.350 e. The lowest BCUT2D eigenvalue weighted by molar-refractivity contribution is 0.0950. The summed E-state index contributed by atoms with van der Waals surface area (Å²) in [5.41, 5.74) is 2.54. The number of benzene rings is 1. The predicted molar refractivity (Wildman–Crippen MR) is 96.8 cm³/mol. The Hall–Kier alpha value is -2.73. The molecule has 3 rings (SSSR count). The number of aryl methyl sites for hydroxylation is 1. The van der Waals surface area contributed by atoms with Gasteiger partial charge in [0.1, 0.15) is 11.5 Å². The molecule has 1 amide bonds. The Kier molecular flexibility index (Phi) is 5.18. The molecule has 0 aliphatic carbocycles. The van der Waals surface area contributed by atoms with E-state index in [9.17, 15) is 4.79 Å². The molecule has 0 unspecified atom stereocenters. The van der Waals surface area contributed by atoms with Crippen LogP contribution in [0.2, 0.25) is 0 Å². The van der Waals surface area contributed by atoms with Crippen LogP contribution < -0.4 is 10.6 Å². The zero-order valence-electron chi connectivity index (χ0n) is 13.3. The van der Waals surface area contributed by atoms with Gasteiger partial charge in [0, 0.05) is 17.6 Å². The summed E-state index contributed by atoms with van der Waals surface area (Å²) in [5.74, 6) is 0.563.